The van der Waals surface area contributed by atoms with E-state index in [4.69, 9.17) is 5.26 Å². The Morgan fingerprint density at radius 3 is 2.82 bits per heavy atom. The summed E-state index contributed by atoms with van der Waals surface area (Å²) in [6.07, 6.45) is 6.72. The van der Waals surface area contributed by atoms with Gasteiger partial charge in [0.25, 0.3) is 0 Å². The molecule has 3 rings (SSSR count). The molecule has 1 N–H and O–H groups in total. The van der Waals surface area contributed by atoms with Crippen LogP contribution in [0.1, 0.15) is 56.7 Å². The Labute approximate surface area is 130 Å². The number of aromatic nitrogens is 1. The predicted molar refractivity (Wildman–Crippen MR) is 80.8 cm³/mol. The van der Waals surface area contributed by atoms with Crippen molar-refractivity contribution in [3.8, 4) is 11.8 Å². The van der Waals surface area contributed by atoms with Crippen LogP contribution in [0.4, 0.5) is 0 Å². The van der Waals surface area contributed by atoms with Crippen LogP contribution in [0.25, 0.3) is 0 Å². The lowest BCUT2D eigenvalue weighted by atomic mass is 9.69. The number of amides is 1. The standard InChI is InChI=1S/C17H21N3O2/c1-11-6-14(13-9-19-8-12(7-18)15(13)21)20(10-11)16(22)17(2)4-3-5-17/h8-9,11,14H,3-6,10H2,1-2H3,(H,19,21)/t11-,14+/m1/s1. The van der Waals surface area contributed by atoms with Gasteiger partial charge in [-0.2, -0.15) is 5.26 Å². The monoisotopic (exact) mass is 299 g/mol. The van der Waals surface area contributed by atoms with E-state index in [0.29, 0.717) is 18.0 Å². The Morgan fingerprint density at radius 1 is 1.50 bits per heavy atom. The third-order valence-corrected chi connectivity index (χ3v) is 5.17. The highest BCUT2D eigenvalue weighted by atomic mass is 16.3. The van der Waals surface area contributed by atoms with Gasteiger partial charge in [0.05, 0.1) is 6.04 Å². The van der Waals surface area contributed by atoms with Gasteiger partial charge in [0.15, 0.2) is 0 Å². The predicted octanol–water partition coefficient (Wildman–Crippen LogP) is 2.76. The summed E-state index contributed by atoms with van der Waals surface area (Å²) in [6.45, 7) is 4.85. The smallest absolute Gasteiger partial charge is 0.229 e. The van der Waals surface area contributed by atoms with E-state index >= 15 is 0 Å². The minimum atomic E-state index is -0.252. The number of hydrogen-bond donors (Lipinski definition) is 1. The Bertz CT molecular complexity index is 646. The molecule has 1 aliphatic heterocycles. The van der Waals surface area contributed by atoms with Gasteiger partial charge >= 0.3 is 0 Å². The topological polar surface area (TPSA) is 77.2 Å². The summed E-state index contributed by atoms with van der Waals surface area (Å²) in [7, 11) is 0. The Balaban J connectivity index is 1.95. The van der Waals surface area contributed by atoms with Gasteiger partial charge in [0.2, 0.25) is 5.91 Å². The molecule has 2 aliphatic rings. The lowest BCUT2D eigenvalue weighted by molar-refractivity contribution is -0.147. The molecule has 1 saturated carbocycles. The largest absolute Gasteiger partial charge is 0.506 e. The van der Waals surface area contributed by atoms with Crippen LogP contribution in [0.3, 0.4) is 0 Å². The third-order valence-electron chi connectivity index (χ3n) is 5.17. The maximum atomic E-state index is 12.9. The van der Waals surface area contributed by atoms with Gasteiger partial charge in [-0.05, 0) is 25.2 Å². The maximum absolute atomic E-state index is 12.9. The van der Waals surface area contributed by atoms with E-state index < -0.39 is 0 Å². The van der Waals surface area contributed by atoms with E-state index in [1.807, 2.05) is 17.9 Å². The van der Waals surface area contributed by atoms with Gasteiger partial charge in [0, 0.05) is 29.9 Å². The molecule has 0 radical (unpaired) electrons. The molecule has 5 heteroatoms. The Hall–Kier alpha value is -2.09. The van der Waals surface area contributed by atoms with Crippen molar-refractivity contribution in [3.05, 3.63) is 23.5 Å². The molecule has 1 amide bonds. The van der Waals surface area contributed by atoms with Crippen LogP contribution < -0.4 is 0 Å². The van der Waals surface area contributed by atoms with E-state index in [1.165, 1.54) is 6.20 Å². The number of pyridine rings is 1. The molecular formula is C17H21N3O2. The number of likely N-dealkylation sites (tertiary alicyclic amines) is 1. The zero-order valence-electron chi connectivity index (χ0n) is 13.0. The molecule has 0 bridgehead atoms. The van der Waals surface area contributed by atoms with E-state index in [0.717, 1.165) is 25.7 Å². The molecule has 22 heavy (non-hydrogen) atoms. The number of carbonyl (C=O) groups excluding carboxylic acids is 1. The zero-order valence-corrected chi connectivity index (χ0v) is 13.0. The molecule has 1 aromatic heterocycles. The first-order chi connectivity index (χ1) is 10.5. The van der Waals surface area contributed by atoms with Crippen molar-refractivity contribution in [3.63, 3.8) is 0 Å². The van der Waals surface area contributed by atoms with Gasteiger partial charge < -0.3 is 10.0 Å². The normalized spacial score (nSPS) is 26.3. The first-order valence-electron chi connectivity index (χ1n) is 7.84. The summed E-state index contributed by atoms with van der Waals surface area (Å²) in [5.74, 6) is 0.519. The molecule has 0 unspecified atom stereocenters. The molecular weight excluding hydrogens is 278 g/mol. The highest BCUT2D eigenvalue weighted by Gasteiger charge is 2.46. The number of carbonyl (C=O) groups is 1. The second kappa shape index (κ2) is 5.28. The number of aromatic hydroxyl groups is 1. The fourth-order valence-corrected chi connectivity index (χ4v) is 3.63. The van der Waals surface area contributed by atoms with E-state index in [2.05, 4.69) is 11.9 Å². The lowest BCUT2D eigenvalue weighted by Crippen LogP contribution is -2.46. The second-order valence-electron chi connectivity index (χ2n) is 6.97. The zero-order chi connectivity index (χ0) is 15.9. The van der Waals surface area contributed by atoms with E-state index in [1.54, 1.807) is 6.20 Å². The van der Waals surface area contributed by atoms with Crippen LogP contribution in [0.2, 0.25) is 0 Å². The van der Waals surface area contributed by atoms with Crippen LogP contribution in [-0.2, 0) is 4.79 Å². The first-order valence-corrected chi connectivity index (χ1v) is 7.84. The summed E-state index contributed by atoms with van der Waals surface area (Å²) >= 11 is 0. The van der Waals surface area contributed by atoms with E-state index in [9.17, 15) is 9.90 Å². The highest BCUT2D eigenvalue weighted by molar-refractivity contribution is 5.84. The minimum Gasteiger partial charge on any atom is -0.506 e. The molecule has 5 nitrogen and oxygen atoms in total. The third kappa shape index (κ3) is 2.23. The molecule has 2 heterocycles. The molecule has 2 fully saturated rings. The first kappa shape index (κ1) is 14.8. The van der Waals surface area contributed by atoms with Crippen LogP contribution >= 0.6 is 0 Å². The second-order valence-corrected chi connectivity index (χ2v) is 6.97. The summed E-state index contributed by atoms with van der Waals surface area (Å²) in [5.41, 5.74) is 0.511. The molecule has 1 aliphatic carbocycles. The molecule has 1 saturated heterocycles. The van der Waals surface area contributed by atoms with Gasteiger partial charge in [-0.3, -0.25) is 9.78 Å². The summed E-state index contributed by atoms with van der Waals surface area (Å²) in [6, 6.07) is 1.77. The van der Waals surface area contributed by atoms with Crippen LogP contribution in [-0.4, -0.2) is 27.4 Å². The SMILES string of the molecule is C[C@@H]1C[C@@H](c2cncc(C#N)c2O)N(C(=O)C2(C)CCC2)C1. The molecule has 116 valence electrons. The van der Waals surface area contributed by atoms with Crippen molar-refractivity contribution in [1.29, 1.82) is 5.26 Å². The number of hydrogen-bond acceptors (Lipinski definition) is 4. The quantitative estimate of drug-likeness (QED) is 0.911. The summed E-state index contributed by atoms with van der Waals surface area (Å²) in [4.78, 5) is 18.8. The van der Waals surface area contributed by atoms with Crippen molar-refractivity contribution >= 4 is 5.91 Å². The summed E-state index contributed by atoms with van der Waals surface area (Å²) < 4.78 is 0. The van der Waals surface area contributed by atoms with Crippen molar-refractivity contribution in [2.75, 3.05) is 6.54 Å². The van der Waals surface area contributed by atoms with Crippen molar-refractivity contribution in [2.24, 2.45) is 11.3 Å². The van der Waals surface area contributed by atoms with Crippen LogP contribution in [0, 0.1) is 22.7 Å². The number of nitrogens with zero attached hydrogens (tertiary/aromatic N) is 3. The fraction of sp³-hybridized carbons (Fsp3) is 0.588. The average Bonchev–Trinajstić information content (AvgIpc) is 2.86. The van der Waals surface area contributed by atoms with Crippen molar-refractivity contribution in [1.82, 2.24) is 9.88 Å². The van der Waals surface area contributed by atoms with Crippen LogP contribution in [0.5, 0.6) is 5.75 Å². The van der Waals surface area contributed by atoms with Crippen LogP contribution in [0.15, 0.2) is 12.4 Å². The fourth-order valence-electron chi connectivity index (χ4n) is 3.63. The number of rotatable bonds is 2. The summed E-state index contributed by atoms with van der Waals surface area (Å²) in [5, 5.41) is 19.4. The van der Waals surface area contributed by atoms with Gasteiger partial charge in [-0.15, -0.1) is 0 Å². The molecule has 1 aromatic rings. The average molecular weight is 299 g/mol. The van der Waals surface area contributed by atoms with Gasteiger partial charge in [-0.25, -0.2) is 0 Å². The van der Waals surface area contributed by atoms with Gasteiger partial charge in [-0.1, -0.05) is 20.3 Å². The maximum Gasteiger partial charge on any atom is 0.229 e. The number of nitriles is 1. The minimum absolute atomic E-state index is 0.0341. The lowest BCUT2D eigenvalue weighted by Gasteiger charge is -2.41. The highest BCUT2D eigenvalue weighted by Crippen LogP contribution is 2.47. The molecule has 0 spiro atoms. The van der Waals surface area contributed by atoms with Crippen molar-refractivity contribution < 1.29 is 9.90 Å². The molecule has 0 aromatic carbocycles. The van der Waals surface area contributed by atoms with Crippen molar-refractivity contribution in [2.45, 2.75) is 45.6 Å². The Morgan fingerprint density at radius 2 is 2.23 bits per heavy atom. The van der Waals surface area contributed by atoms with E-state index in [-0.39, 0.29) is 28.7 Å². The molecule has 2 atom stereocenters. The van der Waals surface area contributed by atoms with Gasteiger partial charge in [0.1, 0.15) is 17.4 Å². The Kier molecular flexibility index (Phi) is 3.56.